The number of hydrogen-bond donors (Lipinski definition) is 0. The van der Waals surface area contributed by atoms with Gasteiger partial charge in [0.15, 0.2) is 0 Å². The highest BCUT2D eigenvalue weighted by atomic mass is 35.5. The first-order valence-electron chi connectivity index (χ1n) is 6.87. The maximum absolute atomic E-state index is 5.88. The molecule has 2 rings (SSSR count). The van der Waals surface area contributed by atoms with E-state index in [9.17, 15) is 0 Å². The number of para-hydroxylation sites is 1. The number of ether oxygens (including phenoxy) is 2. The zero-order valence-electron chi connectivity index (χ0n) is 12.2. The summed E-state index contributed by atoms with van der Waals surface area (Å²) in [6.45, 7) is 5.51. The Bertz CT molecular complexity index is 566. The molecule has 1 aromatic carbocycles. The number of rotatable bonds is 7. The molecule has 1 heterocycles. The molecule has 0 aliphatic heterocycles. The second kappa shape index (κ2) is 6.95. The van der Waals surface area contributed by atoms with Crippen molar-refractivity contribution in [2.24, 2.45) is 0 Å². The molecule has 1 aromatic heterocycles. The zero-order chi connectivity index (χ0) is 14.5. The van der Waals surface area contributed by atoms with E-state index in [2.05, 4.69) is 15.6 Å². The molecule has 0 N–H and O–H groups in total. The van der Waals surface area contributed by atoms with Crippen LogP contribution >= 0.6 is 11.6 Å². The summed E-state index contributed by atoms with van der Waals surface area (Å²) >= 11 is 5.88. The number of fused-ring (bicyclic) bond motifs is 1. The van der Waals surface area contributed by atoms with E-state index in [1.165, 1.54) is 0 Å². The Morgan fingerprint density at radius 1 is 1.35 bits per heavy atom. The standard InChI is InChI=1S/C15H21ClN2O2/c1-11(2)20-10-9-18-12-5-4-6-13(19-3)15(12)17-14(18)7-8-16/h4-6,11H,7-10H2,1-3H3. The predicted molar refractivity (Wildman–Crippen MR) is 81.8 cm³/mol. The predicted octanol–water partition coefficient (Wildman–Crippen LogP) is 3.25. The van der Waals surface area contributed by atoms with Gasteiger partial charge in [0.1, 0.15) is 17.1 Å². The lowest BCUT2D eigenvalue weighted by Crippen LogP contribution is -2.13. The number of hydrogen-bond acceptors (Lipinski definition) is 3. The van der Waals surface area contributed by atoms with Gasteiger partial charge in [-0.2, -0.15) is 0 Å². The highest BCUT2D eigenvalue weighted by molar-refractivity contribution is 6.17. The maximum atomic E-state index is 5.88. The quantitative estimate of drug-likeness (QED) is 0.736. The monoisotopic (exact) mass is 296 g/mol. The molecular formula is C15H21ClN2O2. The Morgan fingerprint density at radius 3 is 2.80 bits per heavy atom. The summed E-state index contributed by atoms with van der Waals surface area (Å²) in [7, 11) is 1.66. The zero-order valence-corrected chi connectivity index (χ0v) is 13.0. The maximum Gasteiger partial charge on any atom is 0.146 e. The van der Waals surface area contributed by atoms with E-state index < -0.39 is 0 Å². The molecule has 0 atom stereocenters. The molecule has 0 spiro atoms. The molecule has 2 aromatic rings. The van der Waals surface area contributed by atoms with Crippen LogP contribution in [0.1, 0.15) is 19.7 Å². The lowest BCUT2D eigenvalue weighted by molar-refractivity contribution is 0.0729. The van der Waals surface area contributed by atoms with Gasteiger partial charge < -0.3 is 14.0 Å². The molecule has 5 heteroatoms. The molecule has 0 fully saturated rings. The lowest BCUT2D eigenvalue weighted by atomic mass is 10.3. The molecule has 0 bridgehead atoms. The van der Waals surface area contributed by atoms with Crippen LogP contribution in [-0.2, 0) is 17.7 Å². The van der Waals surface area contributed by atoms with Crippen LogP contribution in [0, 0.1) is 0 Å². The summed E-state index contributed by atoms with van der Waals surface area (Å²) in [5, 5.41) is 0. The van der Waals surface area contributed by atoms with Crippen molar-refractivity contribution in [3.63, 3.8) is 0 Å². The van der Waals surface area contributed by atoms with Crippen molar-refractivity contribution in [2.45, 2.75) is 32.9 Å². The molecule has 20 heavy (non-hydrogen) atoms. The second-order valence-electron chi connectivity index (χ2n) is 4.87. The van der Waals surface area contributed by atoms with Crippen molar-refractivity contribution < 1.29 is 9.47 Å². The second-order valence-corrected chi connectivity index (χ2v) is 5.24. The van der Waals surface area contributed by atoms with E-state index in [1.807, 2.05) is 26.0 Å². The number of methoxy groups -OCH3 is 1. The topological polar surface area (TPSA) is 36.3 Å². The summed E-state index contributed by atoms with van der Waals surface area (Å²) in [6.07, 6.45) is 0.969. The number of benzene rings is 1. The number of aryl methyl sites for hydroxylation is 1. The molecule has 0 radical (unpaired) electrons. The fraction of sp³-hybridized carbons (Fsp3) is 0.533. The van der Waals surface area contributed by atoms with Gasteiger partial charge in [-0.05, 0) is 26.0 Å². The molecule has 0 unspecified atom stereocenters. The molecule has 4 nitrogen and oxygen atoms in total. The van der Waals surface area contributed by atoms with Gasteiger partial charge in [-0.3, -0.25) is 0 Å². The van der Waals surface area contributed by atoms with Crippen LogP contribution in [-0.4, -0.2) is 35.3 Å². The van der Waals surface area contributed by atoms with Gasteiger partial charge in [-0.25, -0.2) is 4.98 Å². The number of alkyl halides is 1. The average Bonchev–Trinajstić information content (AvgIpc) is 2.77. The highest BCUT2D eigenvalue weighted by Crippen LogP contribution is 2.26. The molecule has 0 aliphatic rings. The molecule has 0 saturated heterocycles. The number of aromatic nitrogens is 2. The average molecular weight is 297 g/mol. The van der Waals surface area contributed by atoms with Gasteiger partial charge >= 0.3 is 0 Å². The Morgan fingerprint density at radius 2 is 2.15 bits per heavy atom. The van der Waals surface area contributed by atoms with Gasteiger partial charge in [0.05, 0.1) is 25.3 Å². The number of nitrogens with zero attached hydrogens (tertiary/aromatic N) is 2. The van der Waals surface area contributed by atoms with Gasteiger partial charge in [-0.1, -0.05) is 6.07 Å². The number of imidazole rings is 1. The van der Waals surface area contributed by atoms with E-state index in [0.29, 0.717) is 12.5 Å². The minimum absolute atomic E-state index is 0.232. The van der Waals surface area contributed by atoms with Gasteiger partial charge in [0, 0.05) is 18.8 Å². The Labute approximate surface area is 124 Å². The van der Waals surface area contributed by atoms with Crippen molar-refractivity contribution >= 4 is 22.6 Å². The van der Waals surface area contributed by atoms with Crippen LogP contribution in [0.5, 0.6) is 5.75 Å². The van der Waals surface area contributed by atoms with Crippen LogP contribution in [0.3, 0.4) is 0 Å². The van der Waals surface area contributed by atoms with Crippen LogP contribution in [0.4, 0.5) is 0 Å². The Kier molecular flexibility index (Phi) is 5.26. The minimum Gasteiger partial charge on any atom is -0.494 e. The summed E-state index contributed by atoms with van der Waals surface area (Å²) in [6, 6.07) is 5.96. The third-order valence-corrected chi connectivity index (χ3v) is 3.31. The van der Waals surface area contributed by atoms with E-state index in [0.717, 1.165) is 35.6 Å². The van der Waals surface area contributed by atoms with E-state index in [4.69, 9.17) is 21.1 Å². The van der Waals surface area contributed by atoms with Crippen LogP contribution < -0.4 is 4.74 Å². The summed E-state index contributed by atoms with van der Waals surface area (Å²) < 4.78 is 13.2. The highest BCUT2D eigenvalue weighted by Gasteiger charge is 2.13. The summed E-state index contributed by atoms with van der Waals surface area (Å²) in [4.78, 5) is 4.67. The van der Waals surface area contributed by atoms with Gasteiger partial charge in [-0.15, -0.1) is 11.6 Å². The van der Waals surface area contributed by atoms with Gasteiger partial charge in [0.25, 0.3) is 0 Å². The first-order valence-corrected chi connectivity index (χ1v) is 7.40. The van der Waals surface area contributed by atoms with Crippen LogP contribution in [0.15, 0.2) is 18.2 Å². The normalized spacial score (nSPS) is 11.4. The molecular weight excluding hydrogens is 276 g/mol. The van der Waals surface area contributed by atoms with Crippen molar-refractivity contribution in [1.29, 1.82) is 0 Å². The number of halogens is 1. The fourth-order valence-electron chi connectivity index (χ4n) is 2.24. The first kappa shape index (κ1) is 15.1. The Balaban J connectivity index is 2.35. The van der Waals surface area contributed by atoms with Crippen LogP contribution in [0.25, 0.3) is 11.0 Å². The third-order valence-electron chi connectivity index (χ3n) is 3.13. The minimum atomic E-state index is 0.232. The SMILES string of the molecule is COc1cccc2c1nc(CCCl)n2CCOC(C)C. The third kappa shape index (κ3) is 3.25. The molecule has 0 aliphatic carbocycles. The molecule has 0 saturated carbocycles. The molecule has 0 amide bonds. The summed E-state index contributed by atoms with van der Waals surface area (Å²) in [5.74, 6) is 2.32. The fourth-order valence-corrected chi connectivity index (χ4v) is 2.41. The Hall–Kier alpha value is -1.26. The van der Waals surface area contributed by atoms with Crippen molar-refractivity contribution in [3.05, 3.63) is 24.0 Å². The molecule has 110 valence electrons. The van der Waals surface area contributed by atoms with Crippen molar-refractivity contribution in [2.75, 3.05) is 19.6 Å². The van der Waals surface area contributed by atoms with Crippen LogP contribution in [0.2, 0.25) is 0 Å². The first-order chi connectivity index (χ1) is 9.67. The van der Waals surface area contributed by atoms with E-state index in [1.54, 1.807) is 7.11 Å². The van der Waals surface area contributed by atoms with Gasteiger partial charge in [0.2, 0.25) is 0 Å². The van der Waals surface area contributed by atoms with Crippen molar-refractivity contribution in [1.82, 2.24) is 9.55 Å². The summed E-state index contributed by atoms with van der Waals surface area (Å²) in [5.41, 5.74) is 1.96. The van der Waals surface area contributed by atoms with Crippen molar-refractivity contribution in [3.8, 4) is 5.75 Å². The lowest BCUT2D eigenvalue weighted by Gasteiger charge is -2.11. The van der Waals surface area contributed by atoms with E-state index >= 15 is 0 Å². The van der Waals surface area contributed by atoms with E-state index in [-0.39, 0.29) is 6.10 Å². The smallest absolute Gasteiger partial charge is 0.146 e. The largest absolute Gasteiger partial charge is 0.494 e.